The Labute approximate surface area is 145 Å². The molecule has 1 fully saturated rings. The second-order valence-electron chi connectivity index (χ2n) is 6.45. The van der Waals surface area contributed by atoms with Crippen molar-refractivity contribution in [1.82, 2.24) is 9.88 Å². The van der Waals surface area contributed by atoms with Crippen molar-refractivity contribution >= 4 is 5.97 Å². The number of esters is 1. The Morgan fingerprint density at radius 3 is 3.00 bits per heavy atom. The van der Waals surface area contributed by atoms with Crippen LogP contribution >= 0.6 is 0 Å². The molecule has 2 atom stereocenters. The van der Waals surface area contributed by atoms with Gasteiger partial charge in [-0.15, -0.1) is 0 Å². The number of hydrogen-bond acceptors (Lipinski definition) is 5. The molecule has 1 aromatic heterocycles. The lowest BCUT2D eigenvalue weighted by atomic mass is 9.96. The highest BCUT2D eigenvalue weighted by molar-refractivity contribution is 5.69. The fraction of sp³-hybridized carbons (Fsp3) is 0.684. The van der Waals surface area contributed by atoms with Gasteiger partial charge in [0.1, 0.15) is 0 Å². The number of nitrogens with zero attached hydrogens (tertiary/aromatic N) is 2. The minimum absolute atomic E-state index is 0.0910. The highest BCUT2D eigenvalue weighted by atomic mass is 16.5. The number of ether oxygens (including phenoxy) is 2. The standard InChI is InChI=1S/C19H30N2O3/c1-3-24-18(22)9-5-4-6-13-23-15-17-10-12-21(2)19(17)16-8-7-11-20-14-16/h7-8,11,14,17,19H,3-6,9-10,12-13,15H2,1-2H3. The molecule has 134 valence electrons. The van der Waals surface area contributed by atoms with Crippen LogP contribution in [0.1, 0.15) is 50.6 Å². The Balaban J connectivity index is 1.62. The molecule has 2 rings (SSSR count). The van der Waals surface area contributed by atoms with E-state index in [9.17, 15) is 4.79 Å². The first kappa shape index (κ1) is 18.9. The molecule has 0 aromatic carbocycles. The van der Waals surface area contributed by atoms with E-state index in [4.69, 9.17) is 9.47 Å². The van der Waals surface area contributed by atoms with Crippen molar-refractivity contribution in [3.63, 3.8) is 0 Å². The van der Waals surface area contributed by atoms with Crippen molar-refractivity contribution in [2.75, 3.05) is 33.4 Å². The third-order valence-electron chi connectivity index (χ3n) is 4.61. The molecule has 1 aromatic rings. The molecule has 0 aliphatic carbocycles. The van der Waals surface area contributed by atoms with E-state index in [-0.39, 0.29) is 5.97 Å². The monoisotopic (exact) mass is 334 g/mol. The maximum absolute atomic E-state index is 11.2. The summed E-state index contributed by atoms with van der Waals surface area (Å²) >= 11 is 0. The number of hydrogen-bond donors (Lipinski definition) is 0. The van der Waals surface area contributed by atoms with Gasteiger partial charge in [0.15, 0.2) is 0 Å². The van der Waals surface area contributed by atoms with Gasteiger partial charge in [0.2, 0.25) is 0 Å². The molecule has 0 amide bonds. The lowest BCUT2D eigenvalue weighted by Crippen LogP contribution is -2.23. The number of pyridine rings is 1. The molecule has 1 saturated heterocycles. The van der Waals surface area contributed by atoms with Crippen LogP contribution in [-0.2, 0) is 14.3 Å². The molecule has 0 bridgehead atoms. The van der Waals surface area contributed by atoms with Crippen LogP contribution in [0.15, 0.2) is 24.5 Å². The summed E-state index contributed by atoms with van der Waals surface area (Å²) in [7, 11) is 2.17. The number of aromatic nitrogens is 1. The van der Waals surface area contributed by atoms with Gasteiger partial charge in [-0.2, -0.15) is 0 Å². The summed E-state index contributed by atoms with van der Waals surface area (Å²) < 4.78 is 10.8. The largest absolute Gasteiger partial charge is 0.466 e. The Morgan fingerprint density at radius 1 is 1.38 bits per heavy atom. The van der Waals surface area contributed by atoms with E-state index in [1.807, 2.05) is 25.4 Å². The molecule has 0 radical (unpaired) electrons. The molecule has 0 N–H and O–H groups in total. The molecular weight excluding hydrogens is 304 g/mol. The molecule has 1 aliphatic heterocycles. The van der Waals surface area contributed by atoms with E-state index in [1.54, 1.807) is 0 Å². The predicted molar refractivity (Wildman–Crippen MR) is 93.6 cm³/mol. The van der Waals surface area contributed by atoms with Gasteiger partial charge < -0.3 is 9.47 Å². The molecule has 1 aliphatic rings. The van der Waals surface area contributed by atoms with E-state index in [0.717, 1.165) is 39.0 Å². The molecule has 24 heavy (non-hydrogen) atoms. The second kappa shape index (κ2) is 10.4. The summed E-state index contributed by atoms with van der Waals surface area (Å²) in [6.07, 6.45) is 8.36. The van der Waals surface area contributed by atoms with Crippen LogP contribution in [0.2, 0.25) is 0 Å². The molecule has 2 unspecified atom stereocenters. The third-order valence-corrected chi connectivity index (χ3v) is 4.61. The van der Waals surface area contributed by atoms with Crippen LogP contribution in [-0.4, -0.2) is 49.3 Å². The normalized spacial score (nSPS) is 21.1. The van der Waals surface area contributed by atoms with Crippen LogP contribution in [0.25, 0.3) is 0 Å². The lowest BCUT2D eigenvalue weighted by molar-refractivity contribution is -0.143. The summed E-state index contributed by atoms with van der Waals surface area (Å²) in [5.74, 6) is 0.436. The van der Waals surface area contributed by atoms with Crippen molar-refractivity contribution in [1.29, 1.82) is 0 Å². The summed E-state index contributed by atoms with van der Waals surface area (Å²) in [4.78, 5) is 17.9. The Hall–Kier alpha value is -1.46. The third kappa shape index (κ3) is 5.87. The lowest BCUT2D eigenvalue weighted by Gasteiger charge is -2.25. The summed E-state index contributed by atoms with van der Waals surface area (Å²) in [5, 5.41) is 0. The number of carbonyl (C=O) groups excluding carboxylic acids is 1. The molecule has 0 spiro atoms. The zero-order valence-electron chi connectivity index (χ0n) is 14.9. The summed E-state index contributed by atoms with van der Waals surface area (Å²) in [5.41, 5.74) is 1.28. The first-order valence-electron chi connectivity index (χ1n) is 9.06. The molecule has 5 nitrogen and oxygen atoms in total. The van der Waals surface area contributed by atoms with Crippen molar-refractivity contribution in [2.45, 2.75) is 45.1 Å². The van der Waals surface area contributed by atoms with E-state index >= 15 is 0 Å². The fourth-order valence-corrected chi connectivity index (χ4v) is 3.40. The minimum Gasteiger partial charge on any atom is -0.466 e. The summed E-state index contributed by atoms with van der Waals surface area (Å²) in [6.45, 7) is 4.97. The van der Waals surface area contributed by atoms with Gasteiger partial charge in [-0.05, 0) is 51.4 Å². The van der Waals surface area contributed by atoms with Gasteiger partial charge in [-0.3, -0.25) is 14.7 Å². The number of unbranched alkanes of at least 4 members (excludes halogenated alkanes) is 2. The molecule has 2 heterocycles. The maximum atomic E-state index is 11.2. The Morgan fingerprint density at radius 2 is 2.25 bits per heavy atom. The summed E-state index contributed by atoms with van der Waals surface area (Å²) in [6, 6.07) is 4.56. The van der Waals surface area contributed by atoms with Crippen molar-refractivity contribution < 1.29 is 14.3 Å². The van der Waals surface area contributed by atoms with Gasteiger partial charge in [0.05, 0.1) is 13.2 Å². The SMILES string of the molecule is CCOC(=O)CCCCCOCC1CCN(C)C1c1cccnc1. The zero-order valence-corrected chi connectivity index (χ0v) is 14.9. The fourth-order valence-electron chi connectivity index (χ4n) is 3.40. The predicted octanol–water partition coefficient (Wildman–Crippen LogP) is 3.21. The van der Waals surface area contributed by atoms with Gasteiger partial charge in [0.25, 0.3) is 0 Å². The topological polar surface area (TPSA) is 51.7 Å². The highest BCUT2D eigenvalue weighted by Crippen LogP contribution is 2.35. The first-order valence-corrected chi connectivity index (χ1v) is 9.06. The van der Waals surface area contributed by atoms with Gasteiger partial charge >= 0.3 is 5.97 Å². The van der Waals surface area contributed by atoms with Crippen LogP contribution in [0.3, 0.4) is 0 Å². The first-order chi connectivity index (χ1) is 11.7. The highest BCUT2D eigenvalue weighted by Gasteiger charge is 2.33. The van der Waals surface area contributed by atoms with Crippen molar-refractivity contribution in [3.8, 4) is 0 Å². The van der Waals surface area contributed by atoms with Crippen LogP contribution < -0.4 is 0 Å². The smallest absolute Gasteiger partial charge is 0.305 e. The number of likely N-dealkylation sites (tertiary alicyclic amines) is 1. The van der Waals surface area contributed by atoms with Gasteiger partial charge in [-0.25, -0.2) is 0 Å². The van der Waals surface area contributed by atoms with Gasteiger partial charge in [0, 0.05) is 37.4 Å². The van der Waals surface area contributed by atoms with E-state index < -0.39 is 0 Å². The number of carbonyl (C=O) groups is 1. The minimum atomic E-state index is -0.0910. The number of rotatable bonds is 10. The van der Waals surface area contributed by atoms with E-state index in [0.29, 0.717) is 25.0 Å². The molecular formula is C19H30N2O3. The quantitative estimate of drug-likeness (QED) is 0.486. The zero-order chi connectivity index (χ0) is 17.2. The molecule has 5 heteroatoms. The van der Waals surface area contributed by atoms with E-state index in [1.165, 1.54) is 12.0 Å². The van der Waals surface area contributed by atoms with Gasteiger partial charge in [-0.1, -0.05) is 12.5 Å². The van der Waals surface area contributed by atoms with Crippen LogP contribution in [0, 0.1) is 5.92 Å². The molecule has 0 saturated carbocycles. The van der Waals surface area contributed by atoms with Crippen LogP contribution in [0.4, 0.5) is 0 Å². The Kier molecular flexibility index (Phi) is 8.19. The average Bonchev–Trinajstić information content (AvgIpc) is 2.95. The van der Waals surface area contributed by atoms with Crippen molar-refractivity contribution in [3.05, 3.63) is 30.1 Å². The average molecular weight is 334 g/mol. The van der Waals surface area contributed by atoms with Crippen molar-refractivity contribution in [2.24, 2.45) is 5.92 Å². The van der Waals surface area contributed by atoms with Crippen LogP contribution in [0.5, 0.6) is 0 Å². The Bertz CT molecular complexity index is 481. The second-order valence-corrected chi connectivity index (χ2v) is 6.45. The maximum Gasteiger partial charge on any atom is 0.305 e. The van der Waals surface area contributed by atoms with E-state index in [2.05, 4.69) is 23.0 Å².